The molecule has 1 nitrogen and oxygen atoms in total. The van der Waals surface area contributed by atoms with Crippen LogP contribution in [0.3, 0.4) is 0 Å². The molecular weight excluding hydrogens is 268 g/mol. The number of allylic oxidation sites excluding steroid dienone is 4. The molecule has 0 N–H and O–H groups in total. The van der Waals surface area contributed by atoms with E-state index in [1.807, 2.05) is 6.07 Å². The Morgan fingerprint density at radius 1 is 0.727 bits per heavy atom. The summed E-state index contributed by atoms with van der Waals surface area (Å²) in [6, 6.07) is 21.0. The first kappa shape index (κ1) is 13.1. The molecule has 2 aromatic rings. The summed E-state index contributed by atoms with van der Waals surface area (Å²) in [6.07, 6.45) is 7.82. The van der Waals surface area contributed by atoms with Crippen molar-refractivity contribution >= 4 is 11.3 Å². The van der Waals surface area contributed by atoms with Crippen LogP contribution in [-0.2, 0) is 4.74 Å². The first-order chi connectivity index (χ1) is 10.9. The molecule has 0 unspecified atom stereocenters. The van der Waals surface area contributed by atoms with Crippen molar-refractivity contribution in [2.75, 3.05) is 0 Å². The Morgan fingerprint density at radius 2 is 1.41 bits per heavy atom. The van der Waals surface area contributed by atoms with Crippen LogP contribution in [0.1, 0.15) is 30.4 Å². The number of ether oxygens (including phenoxy) is 1. The Balaban J connectivity index is 1.87. The second-order valence-corrected chi connectivity index (χ2v) is 5.70. The molecule has 2 aromatic carbocycles. The Morgan fingerprint density at radius 3 is 2.14 bits per heavy atom. The molecule has 1 heterocycles. The lowest BCUT2D eigenvalue weighted by Crippen LogP contribution is -2.08. The molecule has 4 rings (SSSR count). The maximum Gasteiger partial charge on any atom is 0.135 e. The molecule has 0 saturated carbocycles. The van der Waals surface area contributed by atoms with Gasteiger partial charge in [0.25, 0.3) is 0 Å². The lowest BCUT2D eigenvalue weighted by Gasteiger charge is -2.26. The van der Waals surface area contributed by atoms with Crippen LogP contribution in [-0.4, -0.2) is 0 Å². The fourth-order valence-corrected chi connectivity index (χ4v) is 3.12. The van der Waals surface area contributed by atoms with Crippen molar-refractivity contribution in [2.24, 2.45) is 0 Å². The largest absolute Gasteiger partial charge is 0.457 e. The van der Waals surface area contributed by atoms with E-state index in [2.05, 4.69) is 66.7 Å². The minimum atomic E-state index is 0.941. The molecule has 1 aliphatic carbocycles. The zero-order valence-electron chi connectivity index (χ0n) is 12.5. The summed E-state index contributed by atoms with van der Waals surface area (Å²) in [4.78, 5) is 0. The van der Waals surface area contributed by atoms with Gasteiger partial charge in [-0.2, -0.15) is 0 Å². The van der Waals surface area contributed by atoms with Crippen LogP contribution < -0.4 is 0 Å². The highest BCUT2D eigenvalue weighted by Gasteiger charge is 2.23. The van der Waals surface area contributed by atoms with E-state index >= 15 is 0 Å². The topological polar surface area (TPSA) is 9.23 Å². The lowest BCUT2D eigenvalue weighted by molar-refractivity contribution is 0.377. The summed E-state index contributed by atoms with van der Waals surface area (Å²) in [7, 11) is 0. The predicted molar refractivity (Wildman–Crippen MR) is 90.8 cm³/mol. The van der Waals surface area contributed by atoms with Crippen molar-refractivity contribution < 1.29 is 4.74 Å². The SMILES string of the molecule is C1=C2OC(c3ccccc3)=CC(c3ccccc3)=C2CCC1. The van der Waals surface area contributed by atoms with Crippen molar-refractivity contribution in [3.8, 4) is 0 Å². The molecule has 0 saturated heterocycles. The Kier molecular flexibility index (Phi) is 3.40. The monoisotopic (exact) mass is 286 g/mol. The van der Waals surface area contributed by atoms with E-state index in [1.54, 1.807) is 0 Å². The Hall–Kier alpha value is -2.54. The molecule has 22 heavy (non-hydrogen) atoms. The van der Waals surface area contributed by atoms with Crippen LogP contribution in [0, 0.1) is 0 Å². The van der Waals surface area contributed by atoms with Crippen LogP contribution in [0.25, 0.3) is 11.3 Å². The highest BCUT2D eigenvalue weighted by atomic mass is 16.5. The van der Waals surface area contributed by atoms with E-state index in [-0.39, 0.29) is 0 Å². The van der Waals surface area contributed by atoms with E-state index < -0.39 is 0 Å². The first-order valence-electron chi connectivity index (χ1n) is 7.86. The summed E-state index contributed by atoms with van der Waals surface area (Å²) in [5.74, 6) is 1.99. The molecule has 108 valence electrons. The van der Waals surface area contributed by atoms with Crippen molar-refractivity contribution in [1.82, 2.24) is 0 Å². The minimum absolute atomic E-state index is 0.941. The predicted octanol–water partition coefficient (Wildman–Crippen LogP) is 5.58. The van der Waals surface area contributed by atoms with Crippen molar-refractivity contribution in [2.45, 2.75) is 19.3 Å². The maximum absolute atomic E-state index is 6.19. The molecule has 0 spiro atoms. The summed E-state index contributed by atoms with van der Waals surface area (Å²) >= 11 is 0. The van der Waals surface area contributed by atoms with Crippen LogP contribution in [0.15, 0.2) is 84.1 Å². The minimum Gasteiger partial charge on any atom is -0.457 e. The fraction of sp³-hybridized carbons (Fsp3) is 0.143. The van der Waals surface area contributed by atoms with Gasteiger partial charge in [0, 0.05) is 11.1 Å². The molecular formula is C21H18O. The third kappa shape index (κ3) is 2.39. The van der Waals surface area contributed by atoms with Crippen molar-refractivity contribution in [1.29, 1.82) is 0 Å². The normalized spacial score (nSPS) is 17.3. The molecule has 0 fully saturated rings. The van der Waals surface area contributed by atoms with Gasteiger partial charge in [0.05, 0.1) is 0 Å². The molecule has 0 aromatic heterocycles. The van der Waals surface area contributed by atoms with Gasteiger partial charge in [-0.05, 0) is 42.6 Å². The summed E-state index contributed by atoms with van der Waals surface area (Å²) in [5.41, 5.74) is 5.04. The van der Waals surface area contributed by atoms with E-state index in [4.69, 9.17) is 4.74 Å². The Labute approximate surface area is 131 Å². The number of hydrogen-bond donors (Lipinski definition) is 0. The average Bonchev–Trinajstić information content (AvgIpc) is 2.62. The van der Waals surface area contributed by atoms with Gasteiger partial charge in [-0.3, -0.25) is 0 Å². The highest BCUT2D eigenvalue weighted by Crippen LogP contribution is 2.40. The van der Waals surface area contributed by atoms with E-state index in [1.165, 1.54) is 23.1 Å². The average molecular weight is 286 g/mol. The van der Waals surface area contributed by atoms with Gasteiger partial charge in [0.2, 0.25) is 0 Å². The van der Waals surface area contributed by atoms with Gasteiger partial charge in [-0.15, -0.1) is 0 Å². The van der Waals surface area contributed by atoms with Crippen LogP contribution in [0.4, 0.5) is 0 Å². The van der Waals surface area contributed by atoms with Gasteiger partial charge in [-0.1, -0.05) is 60.7 Å². The molecule has 0 radical (unpaired) electrons. The fourth-order valence-electron chi connectivity index (χ4n) is 3.12. The van der Waals surface area contributed by atoms with Crippen LogP contribution in [0.5, 0.6) is 0 Å². The number of hydrogen-bond acceptors (Lipinski definition) is 1. The summed E-state index contributed by atoms with van der Waals surface area (Å²) in [5, 5.41) is 0. The van der Waals surface area contributed by atoms with Crippen LogP contribution in [0.2, 0.25) is 0 Å². The Bertz CT molecular complexity index is 764. The lowest BCUT2D eigenvalue weighted by atomic mass is 9.89. The smallest absolute Gasteiger partial charge is 0.135 e. The van der Waals surface area contributed by atoms with Gasteiger partial charge in [0.1, 0.15) is 11.5 Å². The zero-order chi connectivity index (χ0) is 14.8. The second kappa shape index (κ2) is 5.69. The van der Waals surface area contributed by atoms with E-state index in [0.29, 0.717) is 0 Å². The first-order valence-corrected chi connectivity index (χ1v) is 7.86. The van der Waals surface area contributed by atoms with Crippen molar-refractivity contribution in [3.05, 3.63) is 95.3 Å². The molecule has 0 amide bonds. The molecule has 1 heteroatoms. The number of fused-ring (bicyclic) bond motifs is 1. The quantitative estimate of drug-likeness (QED) is 0.700. The number of benzene rings is 2. The number of rotatable bonds is 2. The third-order valence-electron chi connectivity index (χ3n) is 4.22. The van der Waals surface area contributed by atoms with Gasteiger partial charge >= 0.3 is 0 Å². The second-order valence-electron chi connectivity index (χ2n) is 5.70. The molecule has 0 bridgehead atoms. The standard InChI is InChI=1S/C21H18O/c1-3-9-16(10-4-1)19-15-21(17-11-5-2-6-12-17)22-20-14-8-7-13-18(19)20/h1-6,9-12,14-15H,7-8,13H2. The zero-order valence-corrected chi connectivity index (χ0v) is 12.5. The molecule has 1 aliphatic heterocycles. The van der Waals surface area contributed by atoms with E-state index in [9.17, 15) is 0 Å². The maximum atomic E-state index is 6.19. The summed E-state index contributed by atoms with van der Waals surface area (Å²) < 4.78 is 6.19. The van der Waals surface area contributed by atoms with E-state index in [0.717, 1.165) is 29.9 Å². The van der Waals surface area contributed by atoms with Gasteiger partial charge in [-0.25, -0.2) is 0 Å². The van der Waals surface area contributed by atoms with Gasteiger partial charge < -0.3 is 4.74 Å². The molecule has 2 aliphatic rings. The third-order valence-corrected chi connectivity index (χ3v) is 4.22. The highest BCUT2D eigenvalue weighted by molar-refractivity contribution is 5.88. The van der Waals surface area contributed by atoms with Crippen LogP contribution >= 0.6 is 0 Å². The van der Waals surface area contributed by atoms with Crippen molar-refractivity contribution in [3.63, 3.8) is 0 Å². The van der Waals surface area contributed by atoms with Gasteiger partial charge in [0.15, 0.2) is 0 Å². The summed E-state index contributed by atoms with van der Waals surface area (Å²) in [6.45, 7) is 0. The molecule has 0 atom stereocenters.